The zero-order valence-electron chi connectivity index (χ0n) is 13.2. The van der Waals surface area contributed by atoms with Crippen LogP contribution in [0, 0.1) is 5.82 Å². The summed E-state index contributed by atoms with van der Waals surface area (Å²) in [7, 11) is 0. The monoisotopic (exact) mass is 333 g/mol. The maximum Gasteiger partial charge on any atom is 0.315 e. The first kappa shape index (κ1) is 16.3. The molecule has 1 aromatic carbocycles. The van der Waals surface area contributed by atoms with Crippen molar-refractivity contribution < 1.29 is 9.18 Å². The lowest BCUT2D eigenvalue weighted by atomic mass is 10.1. The molecular weight excluding hydrogens is 313 g/mol. The summed E-state index contributed by atoms with van der Waals surface area (Å²) >= 11 is 0. The molecule has 24 heavy (non-hydrogen) atoms. The van der Waals surface area contributed by atoms with Gasteiger partial charge in [-0.05, 0) is 43.6 Å². The van der Waals surface area contributed by atoms with Crippen LogP contribution in [0.2, 0.25) is 0 Å². The summed E-state index contributed by atoms with van der Waals surface area (Å²) in [6.45, 7) is 2.61. The van der Waals surface area contributed by atoms with E-state index in [1.807, 2.05) is 0 Å². The lowest BCUT2D eigenvalue weighted by molar-refractivity contribution is 0.220. The second-order valence-corrected chi connectivity index (χ2v) is 5.70. The van der Waals surface area contributed by atoms with E-state index in [0.717, 1.165) is 31.5 Å². The van der Waals surface area contributed by atoms with Crippen molar-refractivity contribution in [3.8, 4) is 0 Å². The Morgan fingerprint density at radius 3 is 2.67 bits per heavy atom. The topological polar surface area (TPSA) is 98.8 Å². The number of hydrogen-bond acceptors (Lipinski definition) is 5. The van der Waals surface area contributed by atoms with E-state index >= 15 is 0 Å². The molecule has 3 rings (SSSR count). The van der Waals surface area contributed by atoms with Crippen LogP contribution in [0.5, 0.6) is 0 Å². The number of nitrogens with zero attached hydrogens (tertiary/aromatic N) is 4. The Kier molecular flexibility index (Phi) is 5.32. The van der Waals surface area contributed by atoms with Crippen LogP contribution >= 0.6 is 0 Å². The number of tetrazole rings is 1. The van der Waals surface area contributed by atoms with Gasteiger partial charge in [0.1, 0.15) is 5.82 Å². The number of likely N-dealkylation sites (tertiary alicyclic amines) is 1. The van der Waals surface area contributed by atoms with Crippen LogP contribution in [0.1, 0.15) is 30.3 Å². The SMILES string of the molecule is O=C(NCc1nn[nH]n1)NCC(c1ccc(F)cc1)N1CCCC1. The van der Waals surface area contributed by atoms with E-state index in [4.69, 9.17) is 0 Å². The number of urea groups is 1. The molecule has 8 nitrogen and oxygen atoms in total. The van der Waals surface area contributed by atoms with E-state index in [2.05, 4.69) is 36.2 Å². The number of carbonyl (C=O) groups excluding carboxylic acids is 1. The van der Waals surface area contributed by atoms with Crippen molar-refractivity contribution in [3.63, 3.8) is 0 Å². The molecule has 1 unspecified atom stereocenters. The van der Waals surface area contributed by atoms with Gasteiger partial charge in [0, 0.05) is 6.54 Å². The number of H-pyrrole nitrogens is 1. The Labute approximate surface area is 138 Å². The van der Waals surface area contributed by atoms with Crippen LogP contribution in [-0.2, 0) is 6.54 Å². The summed E-state index contributed by atoms with van der Waals surface area (Å²) in [5.74, 6) is 0.157. The number of amides is 2. The highest BCUT2D eigenvalue weighted by Crippen LogP contribution is 2.24. The number of halogens is 1. The molecule has 1 aromatic heterocycles. The standard InChI is InChI=1S/C15H20FN7O/c16-12-5-3-11(4-6-12)13(23-7-1-2-8-23)9-17-15(24)18-10-14-19-21-22-20-14/h3-6,13H,1-2,7-10H2,(H2,17,18,24)(H,19,20,21,22). The molecule has 0 saturated carbocycles. The van der Waals surface area contributed by atoms with Gasteiger partial charge < -0.3 is 10.6 Å². The van der Waals surface area contributed by atoms with Crippen molar-refractivity contribution in [3.05, 3.63) is 41.5 Å². The fourth-order valence-electron chi connectivity index (χ4n) is 2.86. The lowest BCUT2D eigenvalue weighted by Gasteiger charge is -2.28. The normalized spacial score (nSPS) is 16.0. The molecule has 1 aliphatic heterocycles. The highest BCUT2D eigenvalue weighted by atomic mass is 19.1. The third-order valence-corrected chi connectivity index (χ3v) is 4.09. The second kappa shape index (κ2) is 7.82. The molecule has 0 radical (unpaired) electrons. The number of aromatic nitrogens is 4. The smallest absolute Gasteiger partial charge is 0.315 e. The molecule has 1 saturated heterocycles. The highest BCUT2D eigenvalue weighted by molar-refractivity contribution is 5.73. The number of nitrogens with one attached hydrogen (secondary N) is 3. The van der Waals surface area contributed by atoms with E-state index in [-0.39, 0.29) is 24.4 Å². The van der Waals surface area contributed by atoms with Crippen molar-refractivity contribution in [2.45, 2.75) is 25.4 Å². The van der Waals surface area contributed by atoms with Gasteiger partial charge in [-0.1, -0.05) is 17.3 Å². The minimum atomic E-state index is -0.300. The molecule has 2 aromatic rings. The molecule has 128 valence electrons. The van der Waals surface area contributed by atoms with Crippen molar-refractivity contribution in [2.75, 3.05) is 19.6 Å². The summed E-state index contributed by atoms with van der Waals surface area (Å²) in [6.07, 6.45) is 2.28. The van der Waals surface area contributed by atoms with Gasteiger partial charge in [-0.2, -0.15) is 5.21 Å². The largest absolute Gasteiger partial charge is 0.336 e. The Morgan fingerprint density at radius 1 is 1.25 bits per heavy atom. The Bertz CT molecular complexity index is 640. The number of hydrogen-bond donors (Lipinski definition) is 3. The zero-order valence-corrected chi connectivity index (χ0v) is 13.2. The number of aromatic amines is 1. The average molecular weight is 333 g/mol. The van der Waals surface area contributed by atoms with Crippen LogP contribution in [0.3, 0.4) is 0 Å². The van der Waals surface area contributed by atoms with Crippen LogP contribution in [0.15, 0.2) is 24.3 Å². The van der Waals surface area contributed by atoms with Crippen LogP contribution in [-0.4, -0.2) is 51.2 Å². The molecule has 1 atom stereocenters. The molecule has 0 spiro atoms. The summed E-state index contributed by atoms with van der Waals surface area (Å²) < 4.78 is 13.2. The first-order valence-electron chi connectivity index (χ1n) is 7.96. The van der Waals surface area contributed by atoms with E-state index in [9.17, 15) is 9.18 Å². The Morgan fingerprint density at radius 2 is 2.00 bits per heavy atom. The maximum absolute atomic E-state index is 13.2. The summed E-state index contributed by atoms with van der Waals surface area (Å²) in [5.41, 5.74) is 0.997. The molecule has 0 bridgehead atoms. The quantitative estimate of drug-likeness (QED) is 0.732. The van der Waals surface area contributed by atoms with Crippen molar-refractivity contribution in [2.24, 2.45) is 0 Å². The zero-order chi connectivity index (χ0) is 16.8. The lowest BCUT2D eigenvalue weighted by Crippen LogP contribution is -2.41. The van der Waals surface area contributed by atoms with Gasteiger partial charge in [-0.15, -0.1) is 10.2 Å². The van der Waals surface area contributed by atoms with Crippen molar-refractivity contribution >= 4 is 6.03 Å². The van der Waals surface area contributed by atoms with Gasteiger partial charge in [-0.3, -0.25) is 4.90 Å². The minimum absolute atomic E-state index is 0.0315. The van der Waals surface area contributed by atoms with Crippen LogP contribution < -0.4 is 10.6 Å². The summed E-state index contributed by atoms with van der Waals surface area (Å²) in [4.78, 5) is 14.3. The predicted octanol–water partition coefficient (Wildman–Crippen LogP) is 0.975. The number of benzene rings is 1. The van der Waals surface area contributed by atoms with Gasteiger partial charge >= 0.3 is 6.03 Å². The van der Waals surface area contributed by atoms with Gasteiger partial charge in [0.25, 0.3) is 0 Å². The van der Waals surface area contributed by atoms with E-state index in [1.165, 1.54) is 12.1 Å². The van der Waals surface area contributed by atoms with E-state index in [1.54, 1.807) is 12.1 Å². The van der Waals surface area contributed by atoms with Gasteiger partial charge in [-0.25, -0.2) is 9.18 Å². The van der Waals surface area contributed by atoms with Gasteiger partial charge in [0.05, 0.1) is 12.6 Å². The Balaban J connectivity index is 1.57. The number of carbonyl (C=O) groups is 1. The molecule has 9 heteroatoms. The minimum Gasteiger partial charge on any atom is -0.336 e. The van der Waals surface area contributed by atoms with E-state index < -0.39 is 0 Å². The summed E-state index contributed by atoms with van der Waals surface area (Å²) in [5, 5.41) is 18.8. The molecular formula is C15H20FN7O. The molecule has 3 N–H and O–H groups in total. The molecule has 0 aliphatic carbocycles. The maximum atomic E-state index is 13.2. The van der Waals surface area contributed by atoms with Gasteiger partial charge in [0.2, 0.25) is 0 Å². The fraction of sp³-hybridized carbons (Fsp3) is 0.467. The van der Waals surface area contributed by atoms with Crippen molar-refractivity contribution in [1.29, 1.82) is 0 Å². The van der Waals surface area contributed by atoms with Crippen LogP contribution in [0.4, 0.5) is 9.18 Å². The van der Waals surface area contributed by atoms with Crippen LogP contribution in [0.25, 0.3) is 0 Å². The van der Waals surface area contributed by atoms with Crippen molar-refractivity contribution in [1.82, 2.24) is 36.2 Å². The molecule has 1 fully saturated rings. The molecule has 2 amide bonds. The first-order chi connectivity index (χ1) is 11.7. The number of rotatable bonds is 6. The first-order valence-corrected chi connectivity index (χ1v) is 7.96. The molecule has 1 aliphatic rings. The Hall–Kier alpha value is -2.55. The third kappa shape index (κ3) is 4.25. The van der Waals surface area contributed by atoms with E-state index in [0.29, 0.717) is 12.4 Å². The third-order valence-electron chi connectivity index (χ3n) is 4.09. The predicted molar refractivity (Wildman–Crippen MR) is 84.4 cm³/mol. The second-order valence-electron chi connectivity index (χ2n) is 5.70. The van der Waals surface area contributed by atoms with Gasteiger partial charge in [0.15, 0.2) is 5.82 Å². The highest BCUT2D eigenvalue weighted by Gasteiger charge is 2.24. The summed E-state index contributed by atoms with van der Waals surface area (Å²) in [6, 6.07) is 6.19. The average Bonchev–Trinajstić information content (AvgIpc) is 3.28. The fourth-order valence-corrected chi connectivity index (χ4v) is 2.86. The molecule has 2 heterocycles.